The van der Waals surface area contributed by atoms with Crippen LogP contribution >= 0.6 is 11.6 Å². The number of hydrogen-bond donors (Lipinski definition) is 2. The van der Waals surface area contributed by atoms with E-state index in [1.165, 1.54) is 10.8 Å². The number of anilines is 2. The first-order valence-electron chi connectivity index (χ1n) is 3.77. The lowest BCUT2D eigenvalue weighted by molar-refractivity contribution is -0.0429. The molecule has 0 radical (unpaired) electrons. The summed E-state index contributed by atoms with van der Waals surface area (Å²) in [6.45, 7) is 0. The molecule has 0 saturated heterocycles. The first-order chi connectivity index (χ1) is 7.13. The van der Waals surface area contributed by atoms with Crippen LogP contribution in [0, 0.1) is 0 Å². The quantitative estimate of drug-likeness (QED) is 0.812. The Balaban J connectivity index is 3.03. The van der Waals surface area contributed by atoms with Gasteiger partial charge in [0.2, 0.25) is 0 Å². The number of benzene rings is 1. The molecule has 1 aromatic rings. The predicted molar refractivity (Wildman–Crippen MR) is 54.5 cm³/mol. The summed E-state index contributed by atoms with van der Waals surface area (Å²) in [5.74, 6) is 0. The van der Waals surface area contributed by atoms with Crippen molar-refractivity contribution in [2.24, 2.45) is 0 Å². The first kappa shape index (κ1) is 12.9. The van der Waals surface area contributed by atoms with Gasteiger partial charge in [-0.15, -0.1) is 0 Å². The number of halogens is 4. The third-order valence-electron chi connectivity index (χ3n) is 1.56. The van der Waals surface area contributed by atoms with E-state index in [1.807, 2.05) is 0 Å². The summed E-state index contributed by atoms with van der Waals surface area (Å²) in [7, 11) is -5.43. The van der Waals surface area contributed by atoms with E-state index in [0.717, 1.165) is 12.1 Å². The zero-order chi connectivity index (χ0) is 12.6. The monoisotopic (exact) mass is 274 g/mol. The molecule has 1 rings (SSSR count). The average molecular weight is 275 g/mol. The van der Waals surface area contributed by atoms with Crippen molar-refractivity contribution in [2.75, 3.05) is 10.5 Å². The maximum atomic E-state index is 12.0. The van der Waals surface area contributed by atoms with E-state index >= 15 is 0 Å². The van der Waals surface area contributed by atoms with Crippen molar-refractivity contribution in [3.05, 3.63) is 23.2 Å². The molecule has 0 aromatic heterocycles. The second-order valence-electron chi connectivity index (χ2n) is 2.79. The number of nitrogens with two attached hydrogens (primary N) is 1. The molecule has 16 heavy (non-hydrogen) atoms. The summed E-state index contributed by atoms with van der Waals surface area (Å²) in [6, 6.07) is 3.25. The third kappa shape index (κ3) is 2.70. The normalized spacial score (nSPS) is 12.5. The second kappa shape index (κ2) is 4.02. The van der Waals surface area contributed by atoms with Gasteiger partial charge in [-0.3, -0.25) is 4.72 Å². The first-order valence-corrected chi connectivity index (χ1v) is 5.64. The molecule has 0 saturated carbocycles. The van der Waals surface area contributed by atoms with Gasteiger partial charge in [0.1, 0.15) is 0 Å². The molecule has 0 spiro atoms. The molecule has 3 N–H and O–H groups in total. The number of nitrogens with one attached hydrogen (secondary N) is 1. The van der Waals surface area contributed by atoms with E-state index in [1.54, 1.807) is 0 Å². The van der Waals surface area contributed by atoms with Gasteiger partial charge in [0.15, 0.2) is 0 Å². The van der Waals surface area contributed by atoms with Crippen molar-refractivity contribution < 1.29 is 21.6 Å². The molecule has 0 atom stereocenters. The van der Waals surface area contributed by atoms with Gasteiger partial charge >= 0.3 is 15.5 Å². The van der Waals surface area contributed by atoms with Gasteiger partial charge in [0, 0.05) is 0 Å². The van der Waals surface area contributed by atoms with E-state index in [-0.39, 0.29) is 16.4 Å². The van der Waals surface area contributed by atoms with Crippen LogP contribution in [0.3, 0.4) is 0 Å². The van der Waals surface area contributed by atoms with Crippen molar-refractivity contribution in [3.8, 4) is 0 Å². The minimum atomic E-state index is -5.43. The molecule has 0 aliphatic carbocycles. The van der Waals surface area contributed by atoms with Gasteiger partial charge in [-0.2, -0.15) is 21.6 Å². The number of hydrogen-bond acceptors (Lipinski definition) is 3. The lowest BCUT2D eigenvalue weighted by atomic mass is 10.3. The summed E-state index contributed by atoms with van der Waals surface area (Å²) >= 11 is 5.52. The highest BCUT2D eigenvalue weighted by Crippen LogP contribution is 2.28. The van der Waals surface area contributed by atoms with Crippen molar-refractivity contribution in [2.45, 2.75) is 5.51 Å². The fourth-order valence-corrected chi connectivity index (χ4v) is 1.54. The topological polar surface area (TPSA) is 72.2 Å². The third-order valence-corrected chi connectivity index (χ3v) is 3.00. The SMILES string of the molecule is Nc1ccc(NS(=O)(=O)C(F)(F)F)cc1Cl. The Bertz CT molecular complexity index is 501. The van der Waals surface area contributed by atoms with Crippen molar-refractivity contribution in [1.29, 1.82) is 0 Å². The Labute approximate surface area is 94.2 Å². The largest absolute Gasteiger partial charge is 0.516 e. The zero-order valence-corrected chi connectivity index (χ0v) is 9.12. The Morgan fingerprint density at radius 2 is 1.88 bits per heavy atom. The highest BCUT2D eigenvalue weighted by Gasteiger charge is 2.46. The zero-order valence-electron chi connectivity index (χ0n) is 7.55. The lowest BCUT2D eigenvalue weighted by Gasteiger charge is -2.10. The van der Waals surface area contributed by atoms with Crippen LogP contribution in [0.1, 0.15) is 0 Å². The van der Waals surface area contributed by atoms with Crippen LogP contribution in [0.15, 0.2) is 18.2 Å². The minimum absolute atomic E-state index is 0.0395. The fourth-order valence-electron chi connectivity index (χ4n) is 0.804. The Hall–Kier alpha value is -1.15. The van der Waals surface area contributed by atoms with Crippen LogP contribution in [0.25, 0.3) is 0 Å². The molecule has 1 aromatic carbocycles. The number of sulfonamides is 1. The van der Waals surface area contributed by atoms with Crippen molar-refractivity contribution in [3.63, 3.8) is 0 Å². The van der Waals surface area contributed by atoms with Gasteiger partial charge in [-0.05, 0) is 18.2 Å². The molecule has 0 amide bonds. The van der Waals surface area contributed by atoms with Gasteiger partial charge in [-0.1, -0.05) is 11.6 Å². The predicted octanol–water partition coefficient (Wildman–Crippen LogP) is 2.18. The summed E-state index contributed by atoms with van der Waals surface area (Å²) in [5, 5.41) is -0.0395. The van der Waals surface area contributed by atoms with Gasteiger partial charge in [0.25, 0.3) is 0 Å². The van der Waals surface area contributed by atoms with Crippen molar-refractivity contribution in [1.82, 2.24) is 0 Å². The summed E-state index contributed by atoms with van der Waals surface area (Å²) < 4.78 is 58.7. The summed E-state index contributed by atoms with van der Waals surface area (Å²) in [4.78, 5) is 0. The molecule has 9 heteroatoms. The molecule has 90 valence electrons. The van der Waals surface area contributed by atoms with Gasteiger partial charge < -0.3 is 5.73 Å². The molecule has 0 aliphatic heterocycles. The molecular formula is C7H6ClF3N2O2S. The van der Waals surface area contributed by atoms with Crippen LogP contribution in [0.2, 0.25) is 5.02 Å². The van der Waals surface area contributed by atoms with Crippen LogP contribution in [-0.4, -0.2) is 13.9 Å². The Morgan fingerprint density at radius 1 is 1.31 bits per heavy atom. The molecule has 0 fully saturated rings. The summed E-state index contributed by atoms with van der Waals surface area (Å²) in [6.07, 6.45) is 0. The Kier molecular flexibility index (Phi) is 3.25. The molecular weight excluding hydrogens is 269 g/mol. The lowest BCUT2D eigenvalue weighted by Crippen LogP contribution is -2.29. The maximum Gasteiger partial charge on any atom is 0.516 e. The van der Waals surface area contributed by atoms with Crippen LogP contribution < -0.4 is 10.5 Å². The highest BCUT2D eigenvalue weighted by atomic mass is 35.5. The van der Waals surface area contributed by atoms with Crippen LogP contribution in [0.5, 0.6) is 0 Å². The standard InChI is InChI=1S/C7H6ClF3N2O2S/c8-5-3-4(1-2-6(5)12)13-16(14,15)7(9,10)11/h1-3,13H,12H2. The van der Waals surface area contributed by atoms with Crippen LogP contribution in [-0.2, 0) is 10.0 Å². The average Bonchev–Trinajstić information content (AvgIpc) is 2.09. The van der Waals surface area contributed by atoms with Gasteiger partial charge in [0.05, 0.1) is 16.4 Å². The van der Waals surface area contributed by atoms with E-state index in [2.05, 4.69) is 0 Å². The molecule has 0 aliphatic rings. The number of alkyl halides is 3. The second-order valence-corrected chi connectivity index (χ2v) is 4.87. The fraction of sp³-hybridized carbons (Fsp3) is 0.143. The van der Waals surface area contributed by atoms with E-state index in [9.17, 15) is 21.6 Å². The number of nitrogen functional groups attached to an aromatic ring is 1. The highest BCUT2D eigenvalue weighted by molar-refractivity contribution is 7.93. The number of rotatable bonds is 2. The molecule has 0 unspecified atom stereocenters. The van der Waals surface area contributed by atoms with E-state index in [4.69, 9.17) is 17.3 Å². The smallest absolute Gasteiger partial charge is 0.398 e. The molecule has 4 nitrogen and oxygen atoms in total. The minimum Gasteiger partial charge on any atom is -0.398 e. The summed E-state index contributed by atoms with van der Waals surface area (Å²) in [5.41, 5.74) is -0.240. The Morgan fingerprint density at radius 3 is 2.31 bits per heavy atom. The maximum absolute atomic E-state index is 12.0. The van der Waals surface area contributed by atoms with Crippen LogP contribution in [0.4, 0.5) is 24.5 Å². The molecule has 0 bridgehead atoms. The van der Waals surface area contributed by atoms with Crippen molar-refractivity contribution >= 4 is 33.0 Å². The van der Waals surface area contributed by atoms with Gasteiger partial charge in [-0.25, -0.2) is 0 Å². The van der Waals surface area contributed by atoms with E-state index < -0.39 is 15.5 Å². The van der Waals surface area contributed by atoms with E-state index in [0.29, 0.717) is 0 Å². The molecule has 0 heterocycles.